The Morgan fingerprint density at radius 1 is 1.14 bits per heavy atom. The highest BCUT2D eigenvalue weighted by Gasteiger charge is 2.16. The number of hydrogen-bond acceptors (Lipinski definition) is 3. The fraction of sp³-hybridized carbons (Fsp3) is 0.0625. The highest BCUT2D eigenvalue weighted by molar-refractivity contribution is 9.10. The SMILES string of the molecule is NNC(c1ccc(Br)c(Cl)c1)c1cncc2ccccc12. The zero-order chi connectivity index (χ0) is 14.8. The minimum atomic E-state index is -0.172. The van der Waals surface area contributed by atoms with Crippen LogP contribution >= 0.6 is 27.5 Å². The first-order valence-corrected chi connectivity index (χ1v) is 7.61. The van der Waals surface area contributed by atoms with Gasteiger partial charge in [0.2, 0.25) is 0 Å². The van der Waals surface area contributed by atoms with Crippen molar-refractivity contribution in [1.82, 2.24) is 10.4 Å². The van der Waals surface area contributed by atoms with Gasteiger partial charge in [0.25, 0.3) is 0 Å². The summed E-state index contributed by atoms with van der Waals surface area (Å²) in [6, 6.07) is 13.7. The fourth-order valence-corrected chi connectivity index (χ4v) is 2.86. The summed E-state index contributed by atoms with van der Waals surface area (Å²) in [7, 11) is 0. The van der Waals surface area contributed by atoms with Gasteiger partial charge in [-0.2, -0.15) is 0 Å². The maximum Gasteiger partial charge on any atom is 0.0731 e. The minimum absolute atomic E-state index is 0.172. The number of nitrogens with one attached hydrogen (secondary N) is 1. The second kappa shape index (κ2) is 6.12. The second-order valence-electron chi connectivity index (χ2n) is 4.72. The maximum absolute atomic E-state index is 6.19. The average molecular weight is 363 g/mol. The molecule has 1 atom stereocenters. The third-order valence-corrected chi connectivity index (χ3v) is 4.69. The third-order valence-electron chi connectivity index (χ3n) is 3.45. The number of halogens is 2. The smallest absolute Gasteiger partial charge is 0.0731 e. The summed E-state index contributed by atoms with van der Waals surface area (Å²) >= 11 is 9.59. The molecule has 106 valence electrons. The van der Waals surface area contributed by atoms with Gasteiger partial charge in [0.15, 0.2) is 0 Å². The van der Waals surface area contributed by atoms with Gasteiger partial charge >= 0.3 is 0 Å². The first-order chi connectivity index (χ1) is 10.2. The standard InChI is InChI=1S/C16H13BrClN3/c17-14-6-5-10(7-15(14)18)16(21-19)13-9-20-8-11-3-1-2-4-12(11)13/h1-9,16,21H,19H2. The van der Waals surface area contributed by atoms with Gasteiger partial charge in [0.1, 0.15) is 0 Å². The molecule has 3 nitrogen and oxygen atoms in total. The summed E-state index contributed by atoms with van der Waals surface area (Å²) in [6.45, 7) is 0. The number of pyridine rings is 1. The van der Waals surface area contributed by atoms with Crippen molar-refractivity contribution in [2.75, 3.05) is 0 Å². The van der Waals surface area contributed by atoms with Crippen LogP contribution in [0, 0.1) is 0 Å². The molecular weight excluding hydrogens is 350 g/mol. The van der Waals surface area contributed by atoms with Crippen molar-refractivity contribution >= 4 is 38.3 Å². The van der Waals surface area contributed by atoms with Crippen LogP contribution in [0.5, 0.6) is 0 Å². The van der Waals surface area contributed by atoms with Crippen LogP contribution in [0.1, 0.15) is 17.2 Å². The molecule has 3 rings (SSSR count). The molecule has 0 aliphatic carbocycles. The van der Waals surface area contributed by atoms with Gasteiger partial charge in [-0.15, -0.1) is 0 Å². The number of aromatic nitrogens is 1. The normalized spacial score (nSPS) is 12.5. The summed E-state index contributed by atoms with van der Waals surface area (Å²) in [5.74, 6) is 5.78. The van der Waals surface area contributed by atoms with Crippen LogP contribution in [0.2, 0.25) is 5.02 Å². The first-order valence-electron chi connectivity index (χ1n) is 6.44. The molecule has 0 saturated carbocycles. The molecular formula is C16H13BrClN3. The predicted molar refractivity (Wildman–Crippen MR) is 90.1 cm³/mol. The number of fused-ring (bicyclic) bond motifs is 1. The van der Waals surface area contributed by atoms with E-state index < -0.39 is 0 Å². The number of nitrogens with zero attached hydrogens (tertiary/aromatic N) is 1. The Labute approximate surface area is 136 Å². The van der Waals surface area contributed by atoms with Crippen molar-refractivity contribution in [3.05, 3.63) is 75.5 Å². The number of rotatable bonds is 3. The highest BCUT2D eigenvalue weighted by atomic mass is 79.9. The van der Waals surface area contributed by atoms with E-state index in [0.29, 0.717) is 5.02 Å². The van der Waals surface area contributed by atoms with Gasteiger partial charge in [-0.3, -0.25) is 10.8 Å². The van der Waals surface area contributed by atoms with Crippen LogP contribution in [0.25, 0.3) is 10.8 Å². The van der Waals surface area contributed by atoms with Crippen LogP contribution in [-0.2, 0) is 0 Å². The summed E-state index contributed by atoms with van der Waals surface area (Å²) in [5.41, 5.74) is 4.87. The van der Waals surface area contributed by atoms with Crippen LogP contribution in [0.4, 0.5) is 0 Å². The van der Waals surface area contributed by atoms with E-state index in [-0.39, 0.29) is 6.04 Å². The molecule has 5 heteroatoms. The minimum Gasteiger partial charge on any atom is -0.271 e. The molecule has 1 aromatic heterocycles. The van der Waals surface area contributed by atoms with Crippen molar-refractivity contribution in [2.24, 2.45) is 5.84 Å². The number of hydrogen-bond donors (Lipinski definition) is 2. The van der Waals surface area contributed by atoms with Gasteiger partial charge in [-0.1, -0.05) is 41.9 Å². The van der Waals surface area contributed by atoms with Crippen LogP contribution in [0.15, 0.2) is 59.3 Å². The van der Waals surface area contributed by atoms with E-state index in [2.05, 4.69) is 32.4 Å². The van der Waals surface area contributed by atoms with E-state index in [9.17, 15) is 0 Å². The lowest BCUT2D eigenvalue weighted by molar-refractivity contribution is 0.639. The molecule has 2 aromatic carbocycles. The van der Waals surface area contributed by atoms with E-state index >= 15 is 0 Å². The molecule has 3 N–H and O–H groups in total. The average Bonchev–Trinajstić information content (AvgIpc) is 2.52. The molecule has 3 aromatic rings. The lowest BCUT2D eigenvalue weighted by Gasteiger charge is -2.19. The molecule has 0 fully saturated rings. The first kappa shape index (κ1) is 14.5. The third kappa shape index (κ3) is 2.80. The summed E-state index contributed by atoms with van der Waals surface area (Å²) in [6.07, 6.45) is 3.68. The molecule has 0 saturated heterocycles. The van der Waals surface area contributed by atoms with Crippen molar-refractivity contribution in [1.29, 1.82) is 0 Å². The fourth-order valence-electron chi connectivity index (χ4n) is 2.43. The highest BCUT2D eigenvalue weighted by Crippen LogP contribution is 2.31. The molecule has 0 aliphatic heterocycles. The van der Waals surface area contributed by atoms with E-state index in [4.69, 9.17) is 17.4 Å². The Hall–Kier alpha value is -1.46. The van der Waals surface area contributed by atoms with Gasteiger partial charge in [0, 0.05) is 27.8 Å². The van der Waals surface area contributed by atoms with Crippen molar-refractivity contribution in [3.63, 3.8) is 0 Å². The summed E-state index contributed by atoms with van der Waals surface area (Å²) < 4.78 is 0.861. The van der Waals surface area contributed by atoms with E-state index in [1.165, 1.54) is 0 Å². The van der Waals surface area contributed by atoms with E-state index in [1.54, 1.807) is 0 Å². The Kier molecular flexibility index (Phi) is 4.22. The monoisotopic (exact) mass is 361 g/mol. The molecule has 0 aliphatic rings. The number of benzene rings is 2. The molecule has 1 heterocycles. The van der Waals surface area contributed by atoms with Crippen molar-refractivity contribution < 1.29 is 0 Å². The van der Waals surface area contributed by atoms with Gasteiger partial charge in [-0.05, 0) is 39.0 Å². The largest absolute Gasteiger partial charge is 0.271 e. The van der Waals surface area contributed by atoms with Gasteiger partial charge in [0.05, 0.1) is 11.1 Å². The quantitative estimate of drug-likeness (QED) is 0.542. The van der Waals surface area contributed by atoms with Crippen LogP contribution in [0.3, 0.4) is 0 Å². The van der Waals surface area contributed by atoms with Crippen LogP contribution < -0.4 is 11.3 Å². The Morgan fingerprint density at radius 2 is 1.95 bits per heavy atom. The number of nitrogens with two attached hydrogens (primary N) is 1. The zero-order valence-electron chi connectivity index (χ0n) is 11.1. The lowest BCUT2D eigenvalue weighted by atomic mass is 9.96. The Balaban J connectivity index is 2.16. The van der Waals surface area contributed by atoms with Gasteiger partial charge in [-0.25, -0.2) is 5.43 Å². The molecule has 0 amide bonds. The van der Waals surface area contributed by atoms with Crippen molar-refractivity contribution in [3.8, 4) is 0 Å². The summed E-state index contributed by atoms with van der Waals surface area (Å²) in [5, 5.41) is 2.86. The zero-order valence-corrected chi connectivity index (χ0v) is 13.4. The van der Waals surface area contributed by atoms with E-state index in [0.717, 1.165) is 26.4 Å². The van der Waals surface area contributed by atoms with Crippen LogP contribution in [-0.4, -0.2) is 4.98 Å². The molecule has 21 heavy (non-hydrogen) atoms. The number of hydrazine groups is 1. The Bertz CT molecular complexity index is 786. The maximum atomic E-state index is 6.19. The topological polar surface area (TPSA) is 50.9 Å². The molecule has 0 spiro atoms. The predicted octanol–water partition coefficient (Wildman–Crippen LogP) is 4.20. The van der Waals surface area contributed by atoms with Crippen molar-refractivity contribution in [2.45, 2.75) is 6.04 Å². The molecule has 1 unspecified atom stereocenters. The van der Waals surface area contributed by atoms with Gasteiger partial charge < -0.3 is 0 Å². The molecule has 0 radical (unpaired) electrons. The lowest BCUT2D eigenvalue weighted by Crippen LogP contribution is -2.29. The summed E-state index contributed by atoms with van der Waals surface area (Å²) in [4.78, 5) is 4.31. The second-order valence-corrected chi connectivity index (χ2v) is 5.98. The van der Waals surface area contributed by atoms with E-state index in [1.807, 2.05) is 48.8 Å². The molecule has 0 bridgehead atoms. The Morgan fingerprint density at radius 3 is 2.71 bits per heavy atom.